The van der Waals surface area contributed by atoms with Gasteiger partial charge in [0.1, 0.15) is 0 Å². The Morgan fingerprint density at radius 3 is 2.57 bits per heavy atom. The molecule has 7 heteroatoms. The molecule has 23 heavy (non-hydrogen) atoms. The zero-order valence-corrected chi connectivity index (χ0v) is 17.8. The molecule has 0 fully saturated rings. The summed E-state index contributed by atoms with van der Waals surface area (Å²) in [6.45, 7) is 3.63. The van der Waals surface area contributed by atoms with Gasteiger partial charge in [0.25, 0.3) is 0 Å². The molecule has 4 nitrogen and oxygen atoms in total. The van der Waals surface area contributed by atoms with E-state index in [-0.39, 0.29) is 24.0 Å². The average Bonchev–Trinajstić information content (AvgIpc) is 2.94. The van der Waals surface area contributed by atoms with E-state index in [4.69, 9.17) is 0 Å². The highest BCUT2D eigenvalue weighted by Crippen LogP contribution is 2.16. The molecule has 0 aliphatic heterocycles. The fraction of sp³-hybridized carbons (Fsp3) is 0.375. The molecule has 0 saturated heterocycles. The first-order chi connectivity index (χ1) is 10.6. The van der Waals surface area contributed by atoms with Crippen LogP contribution in [0.3, 0.4) is 0 Å². The number of guanidine groups is 1. The summed E-state index contributed by atoms with van der Waals surface area (Å²) in [6.07, 6.45) is 2.09. The van der Waals surface area contributed by atoms with E-state index in [1.165, 1.54) is 15.3 Å². The molecule has 0 unspecified atom stereocenters. The number of hydrogen-bond acceptors (Lipinski definition) is 4. The van der Waals surface area contributed by atoms with Crippen molar-refractivity contribution in [2.24, 2.45) is 4.99 Å². The lowest BCUT2D eigenvalue weighted by Gasteiger charge is -2.22. The summed E-state index contributed by atoms with van der Waals surface area (Å²) in [7, 11) is 3.87. The van der Waals surface area contributed by atoms with Crippen LogP contribution in [0, 0.1) is 6.92 Å². The minimum absolute atomic E-state index is 0. The van der Waals surface area contributed by atoms with Crippen LogP contribution in [-0.4, -0.2) is 36.2 Å². The maximum Gasteiger partial charge on any atom is 0.193 e. The van der Waals surface area contributed by atoms with Crippen LogP contribution in [0.2, 0.25) is 0 Å². The maximum absolute atomic E-state index is 4.36. The second-order valence-electron chi connectivity index (χ2n) is 4.97. The summed E-state index contributed by atoms with van der Waals surface area (Å²) in [5.41, 5.74) is 4.24. The van der Waals surface area contributed by atoms with Crippen LogP contribution in [-0.2, 0) is 13.1 Å². The van der Waals surface area contributed by atoms with Crippen LogP contribution in [0.25, 0.3) is 0 Å². The van der Waals surface area contributed by atoms with Crippen LogP contribution in [0.5, 0.6) is 0 Å². The van der Waals surface area contributed by atoms with Gasteiger partial charge in [-0.25, -0.2) is 4.98 Å². The topological polar surface area (TPSA) is 40.5 Å². The van der Waals surface area contributed by atoms with Crippen molar-refractivity contribution in [2.45, 2.75) is 24.9 Å². The third kappa shape index (κ3) is 5.96. The van der Waals surface area contributed by atoms with E-state index in [2.05, 4.69) is 57.8 Å². The number of thioether (sulfide) groups is 1. The summed E-state index contributed by atoms with van der Waals surface area (Å²) in [4.78, 5) is 13.3. The van der Waals surface area contributed by atoms with Gasteiger partial charge in [0.05, 0.1) is 17.7 Å². The third-order valence-corrected chi connectivity index (χ3v) is 5.08. The molecule has 2 rings (SSSR count). The molecule has 0 spiro atoms. The Kier molecular flexibility index (Phi) is 8.93. The summed E-state index contributed by atoms with van der Waals surface area (Å²) >= 11 is 3.43. The SMILES string of the molecule is CN=C(NCc1scnc1C)N(C)Cc1ccc(SC)cc1.I. The molecule has 0 atom stereocenters. The molecule has 1 heterocycles. The van der Waals surface area contributed by atoms with E-state index in [9.17, 15) is 0 Å². The molecular weight excluding hydrogens is 439 g/mol. The standard InChI is InChI=1S/C16H22N4S2.HI/c1-12-15(22-11-19-12)9-18-16(17-2)20(3)10-13-5-7-14(21-4)8-6-13;/h5-8,11H,9-10H2,1-4H3,(H,17,18);1H. The Balaban J connectivity index is 0.00000264. The van der Waals surface area contributed by atoms with Gasteiger partial charge in [-0.3, -0.25) is 4.99 Å². The molecule has 1 aromatic carbocycles. The van der Waals surface area contributed by atoms with Gasteiger partial charge in [-0.1, -0.05) is 12.1 Å². The lowest BCUT2D eigenvalue weighted by Crippen LogP contribution is -2.38. The van der Waals surface area contributed by atoms with Gasteiger partial charge in [0.2, 0.25) is 0 Å². The molecule has 126 valence electrons. The zero-order valence-electron chi connectivity index (χ0n) is 13.9. The van der Waals surface area contributed by atoms with Gasteiger partial charge in [0, 0.05) is 30.4 Å². The van der Waals surface area contributed by atoms with Gasteiger partial charge < -0.3 is 10.2 Å². The molecular formula is C16H23IN4S2. The van der Waals surface area contributed by atoms with E-state index >= 15 is 0 Å². The summed E-state index contributed by atoms with van der Waals surface area (Å²) in [5, 5.41) is 3.40. The number of rotatable bonds is 5. The molecule has 1 aromatic heterocycles. The Bertz CT molecular complexity index is 625. The van der Waals surface area contributed by atoms with Gasteiger partial charge >= 0.3 is 0 Å². The average molecular weight is 462 g/mol. The van der Waals surface area contributed by atoms with Crippen LogP contribution < -0.4 is 5.32 Å². The van der Waals surface area contributed by atoms with Crippen LogP contribution in [0.1, 0.15) is 16.1 Å². The van der Waals surface area contributed by atoms with E-state index in [0.717, 1.165) is 24.7 Å². The normalized spacial score (nSPS) is 11.0. The minimum atomic E-state index is 0. The van der Waals surface area contributed by atoms with Crippen molar-refractivity contribution >= 4 is 53.0 Å². The molecule has 2 aromatic rings. The predicted molar refractivity (Wildman–Crippen MR) is 112 cm³/mol. The second kappa shape index (κ2) is 10.1. The molecule has 0 radical (unpaired) electrons. The van der Waals surface area contributed by atoms with Crippen molar-refractivity contribution in [1.29, 1.82) is 0 Å². The number of aromatic nitrogens is 1. The van der Waals surface area contributed by atoms with Crippen molar-refractivity contribution in [3.05, 3.63) is 45.9 Å². The van der Waals surface area contributed by atoms with Gasteiger partial charge in [-0.2, -0.15) is 0 Å². The fourth-order valence-electron chi connectivity index (χ4n) is 2.12. The summed E-state index contributed by atoms with van der Waals surface area (Å²) in [5.74, 6) is 0.891. The third-order valence-electron chi connectivity index (χ3n) is 3.40. The van der Waals surface area contributed by atoms with E-state index < -0.39 is 0 Å². The molecule has 0 bridgehead atoms. The molecule has 0 aliphatic carbocycles. The quantitative estimate of drug-likeness (QED) is 0.316. The number of aryl methyl sites for hydroxylation is 1. The Hall–Kier alpha value is -0.800. The monoisotopic (exact) mass is 462 g/mol. The second-order valence-corrected chi connectivity index (χ2v) is 6.78. The number of aliphatic imine (C=N–C) groups is 1. The lowest BCUT2D eigenvalue weighted by molar-refractivity contribution is 0.476. The Labute approximate surface area is 163 Å². The molecule has 0 saturated carbocycles. The fourth-order valence-corrected chi connectivity index (χ4v) is 3.24. The minimum Gasteiger partial charge on any atom is -0.351 e. The molecule has 1 N–H and O–H groups in total. The lowest BCUT2D eigenvalue weighted by atomic mass is 10.2. The Morgan fingerprint density at radius 1 is 1.35 bits per heavy atom. The highest BCUT2D eigenvalue weighted by atomic mass is 127. The highest BCUT2D eigenvalue weighted by Gasteiger charge is 2.08. The van der Waals surface area contributed by atoms with Gasteiger partial charge in [-0.15, -0.1) is 47.1 Å². The highest BCUT2D eigenvalue weighted by molar-refractivity contribution is 14.0. The summed E-state index contributed by atoms with van der Waals surface area (Å²) < 4.78 is 0. The van der Waals surface area contributed by atoms with Crippen molar-refractivity contribution in [3.8, 4) is 0 Å². The first kappa shape index (κ1) is 20.2. The smallest absolute Gasteiger partial charge is 0.193 e. The van der Waals surface area contributed by atoms with Crippen LogP contribution in [0.15, 0.2) is 39.7 Å². The first-order valence-electron chi connectivity index (χ1n) is 7.07. The van der Waals surface area contributed by atoms with E-state index in [0.29, 0.717) is 0 Å². The first-order valence-corrected chi connectivity index (χ1v) is 9.18. The van der Waals surface area contributed by atoms with Crippen molar-refractivity contribution in [3.63, 3.8) is 0 Å². The number of benzene rings is 1. The number of nitrogens with one attached hydrogen (secondary N) is 1. The largest absolute Gasteiger partial charge is 0.351 e. The van der Waals surface area contributed by atoms with E-state index in [1.807, 2.05) is 19.5 Å². The van der Waals surface area contributed by atoms with Gasteiger partial charge in [0.15, 0.2) is 5.96 Å². The van der Waals surface area contributed by atoms with Crippen molar-refractivity contribution < 1.29 is 0 Å². The summed E-state index contributed by atoms with van der Waals surface area (Å²) in [6, 6.07) is 8.65. The van der Waals surface area contributed by atoms with Crippen LogP contribution in [0.4, 0.5) is 0 Å². The molecule has 0 aliphatic rings. The maximum atomic E-state index is 4.36. The predicted octanol–water partition coefficient (Wildman–Crippen LogP) is 4.00. The molecule has 0 amide bonds. The number of thiazole rings is 1. The Morgan fingerprint density at radius 2 is 2.04 bits per heavy atom. The number of halogens is 1. The number of nitrogens with zero attached hydrogens (tertiary/aromatic N) is 3. The van der Waals surface area contributed by atoms with E-state index in [1.54, 1.807) is 23.1 Å². The van der Waals surface area contributed by atoms with Crippen molar-refractivity contribution in [2.75, 3.05) is 20.4 Å². The van der Waals surface area contributed by atoms with Crippen molar-refractivity contribution in [1.82, 2.24) is 15.2 Å². The van der Waals surface area contributed by atoms with Gasteiger partial charge in [-0.05, 0) is 30.9 Å². The zero-order chi connectivity index (χ0) is 15.9. The van der Waals surface area contributed by atoms with Crippen LogP contribution >= 0.6 is 47.1 Å². The number of hydrogen-bond donors (Lipinski definition) is 1.